The van der Waals surface area contributed by atoms with Crippen LogP contribution < -0.4 is 0 Å². The van der Waals surface area contributed by atoms with E-state index in [2.05, 4.69) is 154 Å². The van der Waals surface area contributed by atoms with Crippen molar-refractivity contribution in [3.63, 3.8) is 0 Å². The molecular weight excluding hydrogens is 653 g/mol. The molecule has 4 unspecified atom stereocenters. The number of aryl methyl sites for hydroxylation is 2. The molecule has 6 rings (SSSR count). The molecule has 0 N–H and O–H groups in total. The van der Waals surface area contributed by atoms with E-state index in [-0.39, 0.29) is 0 Å². The highest BCUT2D eigenvalue weighted by molar-refractivity contribution is 6.36. The summed E-state index contributed by atoms with van der Waals surface area (Å²) in [4.78, 5) is 0. The number of fused-ring (bicyclic) bond motifs is 2. The lowest BCUT2D eigenvalue weighted by atomic mass is 9.84. The third-order valence-electron chi connectivity index (χ3n) is 12.7. The van der Waals surface area contributed by atoms with Crippen LogP contribution in [0.1, 0.15) is 163 Å². The van der Waals surface area contributed by atoms with E-state index in [0.717, 1.165) is 22.4 Å². The monoisotopic (exact) mass is 718 g/mol. The zero-order valence-electron chi connectivity index (χ0n) is 34.7. The second kappa shape index (κ2) is 17.4. The van der Waals surface area contributed by atoms with Gasteiger partial charge in [-0.15, -0.1) is 0 Å². The molecule has 0 aliphatic heterocycles. The second-order valence-corrected chi connectivity index (χ2v) is 18.2. The van der Waals surface area contributed by atoms with E-state index in [4.69, 9.17) is 0 Å². The summed E-state index contributed by atoms with van der Waals surface area (Å²) in [7, 11) is 0.912. The van der Waals surface area contributed by atoms with Gasteiger partial charge in [0.2, 0.25) is 0 Å². The summed E-state index contributed by atoms with van der Waals surface area (Å²) in [5.41, 5.74) is 21.5. The summed E-state index contributed by atoms with van der Waals surface area (Å²) >= 11 is 0. The molecule has 0 amide bonds. The average Bonchev–Trinajstić information content (AvgIpc) is 3.72. The molecule has 0 heterocycles. The van der Waals surface area contributed by atoms with Crippen LogP contribution in [0.5, 0.6) is 0 Å². The van der Waals surface area contributed by atoms with Gasteiger partial charge < -0.3 is 0 Å². The molecule has 0 spiro atoms. The first kappa shape index (κ1) is 39.3. The lowest BCUT2D eigenvalue weighted by molar-refractivity contribution is 0.609. The average molecular weight is 719 g/mol. The van der Waals surface area contributed by atoms with E-state index in [0.29, 0.717) is 35.5 Å². The molecular formula is C52H66Si. The maximum atomic E-state index is 2.66. The standard InChI is InChI=1S/C52H66Si/c1-11-19-37-25-27-41-47(51(37)43-23-17-15-21-39(43)33(5)6)29-45(35(9)13-3)49(41)31-53-32-50-42-28-26-38(20-12-2)52(48(42)30-46(50)36(10)14-4)44-24-18-16-22-40(44)34(7)8/h15-18,21-30,33-36,49-50H,11-14,19-20,31-32H2,1-10H3. The molecule has 0 saturated heterocycles. The van der Waals surface area contributed by atoms with Gasteiger partial charge in [-0.25, -0.2) is 0 Å². The van der Waals surface area contributed by atoms with E-state index in [1.807, 2.05) is 0 Å². The van der Waals surface area contributed by atoms with E-state index in [9.17, 15) is 0 Å². The van der Waals surface area contributed by atoms with E-state index in [1.165, 1.54) is 93.4 Å². The Kier molecular flexibility index (Phi) is 12.9. The van der Waals surface area contributed by atoms with Crippen molar-refractivity contribution in [1.29, 1.82) is 0 Å². The van der Waals surface area contributed by atoms with E-state index in [1.54, 1.807) is 22.3 Å². The van der Waals surface area contributed by atoms with Crippen LogP contribution in [0.4, 0.5) is 0 Å². The highest BCUT2D eigenvalue weighted by Crippen LogP contribution is 2.51. The van der Waals surface area contributed by atoms with Crippen LogP contribution in [0.25, 0.3) is 34.4 Å². The number of allylic oxidation sites excluding steroid dienone is 2. The molecule has 1 heteroatoms. The van der Waals surface area contributed by atoms with Crippen LogP contribution >= 0.6 is 0 Å². The highest BCUT2D eigenvalue weighted by Gasteiger charge is 2.34. The number of hydrogen-bond donors (Lipinski definition) is 0. The fourth-order valence-electron chi connectivity index (χ4n) is 9.49. The SMILES string of the molecule is CCCc1ccc2c(c1-c1ccccc1C(C)C)C=C(C(C)CC)C2C[Si]CC1C(C(C)CC)=Cc2c1ccc(CCC)c2-c1ccccc1C(C)C. The van der Waals surface area contributed by atoms with Crippen LogP contribution in [0.2, 0.25) is 12.1 Å². The minimum Gasteiger partial charge on any atom is -0.0651 e. The van der Waals surface area contributed by atoms with Gasteiger partial charge in [0.05, 0.1) is 0 Å². The Morgan fingerprint density at radius 3 is 1.26 bits per heavy atom. The van der Waals surface area contributed by atoms with Crippen molar-refractivity contribution in [1.82, 2.24) is 0 Å². The van der Waals surface area contributed by atoms with Crippen molar-refractivity contribution < 1.29 is 0 Å². The summed E-state index contributed by atoms with van der Waals surface area (Å²) < 4.78 is 0. The number of rotatable bonds is 16. The minimum atomic E-state index is 0.493. The Morgan fingerprint density at radius 2 is 0.906 bits per heavy atom. The van der Waals surface area contributed by atoms with Crippen molar-refractivity contribution in [2.24, 2.45) is 11.8 Å². The lowest BCUT2D eigenvalue weighted by Gasteiger charge is -2.25. The molecule has 2 radical (unpaired) electrons. The third-order valence-corrected chi connectivity index (χ3v) is 14.1. The van der Waals surface area contributed by atoms with Gasteiger partial charge in [0.15, 0.2) is 0 Å². The van der Waals surface area contributed by atoms with Crippen molar-refractivity contribution in [3.8, 4) is 22.3 Å². The molecule has 0 nitrogen and oxygen atoms in total. The third kappa shape index (κ3) is 7.75. The van der Waals surface area contributed by atoms with Gasteiger partial charge in [0.1, 0.15) is 0 Å². The minimum absolute atomic E-state index is 0.493. The Labute approximate surface area is 326 Å². The lowest BCUT2D eigenvalue weighted by Crippen LogP contribution is -2.13. The van der Waals surface area contributed by atoms with Gasteiger partial charge in [-0.05, 0) is 116 Å². The fraction of sp³-hybridized carbons (Fsp3) is 0.462. The number of hydrogen-bond acceptors (Lipinski definition) is 0. The van der Waals surface area contributed by atoms with E-state index < -0.39 is 0 Å². The first-order valence-electron chi connectivity index (χ1n) is 21.3. The molecule has 4 atom stereocenters. The van der Waals surface area contributed by atoms with Gasteiger partial charge in [0, 0.05) is 21.4 Å². The summed E-state index contributed by atoms with van der Waals surface area (Å²) in [6.45, 7) is 23.8. The predicted molar refractivity (Wildman–Crippen MR) is 236 cm³/mol. The van der Waals surface area contributed by atoms with E-state index >= 15 is 0 Å². The van der Waals surface area contributed by atoms with Crippen LogP contribution in [0.15, 0.2) is 83.9 Å². The van der Waals surface area contributed by atoms with Gasteiger partial charge in [0.25, 0.3) is 0 Å². The Morgan fingerprint density at radius 1 is 0.509 bits per heavy atom. The fourth-order valence-corrected chi connectivity index (χ4v) is 11.1. The summed E-state index contributed by atoms with van der Waals surface area (Å²) in [6, 6.07) is 31.0. The van der Waals surface area contributed by atoms with Crippen LogP contribution in [-0.2, 0) is 12.8 Å². The van der Waals surface area contributed by atoms with Gasteiger partial charge in [-0.2, -0.15) is 0 Å². The quantitative estimate of drug-likeness (QED) is 0.101. The van der Waals surface area contributed by atoms with Crippen LogP contribution in [-0.4, -0.2) is 9.52 Å². The Hall–Kier alpha value is -3.42. The zero-order chi connectivity index (χ0) is 37.8. The normalized spacial score (nSPS) is 17.6. The molecule has 0 fully saturated rings. The molecule has 0 aromatic heterocycles. The van der Waals surface area contributed by atoms with Gasteiger partial charge in [-0.3, -0.25) is 0 Å². The van der Waals surface area contributed by atoms with Crippen LogP contribution in [0, 0.1) is 11.8 Å². The number of benzene rings is 4. The van der Waals surface area contributed by atoms with Gasteiger partial charge >= 0.3 is 0 Å². The van der Waals surface area contributed by atoms with Crippen molar-refractivity contribution >= 4 is 21.7 Å². The van der Waals surface area contributed by atoms with Crippen molar-refractivity contribution in [2.75, 3.05) is 0 Å². The van der Waals surface area contributed by atoms with Crippen molar-refractivity contribution in [2.45, 2.75) is 144 Å². The largest absolute Gasteiger partial charge is 0.0651 e. The maximum Gasteiger partial charge on any atom is 0.0397 e. The van der Waals surface area contributed by atoms with Gasteiger partial charge in [-0.1, -0.05) is 190 Å². The molecule has 4 aromatic rings. The first-order chi connectivity index (χ1) is 25.6. The Bertz CT molecular complexity index is 1810. The molecule has 2 aliphatic rings. The molecule has 278 valence electrons. The Balaban J connectivity index is 1.38. The topological polar surface area (TPSA) is 0 Å². The predicted octanol–water partition coefficient (Wildman–Crippen LogP) is 15.5. The molecule has 0 saturated carbocycles. The second-order valence-electron chi connectivity index (χ2n) is 16.9. The van der Waals surface area contributed by atoms with Crippen LogP contribution in [0.3, 0.4) is 0 Å². The maximum absolute atomic E-state index is 2.66. The molecule has 0 bridgehead atoms. The summed E-state index contributed by atoms with van der Waals surface area (Å²) in [6.07, 6.45) is 12.3. The van der Waals surface area contributed by atoms with Crippen molar-refractivity contribution in [3.05, 3.63) is 128 Å². The first-order valence-corrected chi connectivity index (χ1v) is 22.7. The smallest absolute Gasteiger partial charge is 0.0397 e. The molecule has 53 heavy (non-hydrogen) atoms. The molecule has 2 aliphatic carbocycles. The summed E-state index contributed by atoms with van der Waals surface area (Å²) in [5.74, 6) is 3.18. The zero-order valence-corrected chi connectivity index (χ0v) is 35.7. The highest BCUT2D eigenvalue weighted by atomic mass is 28.2. The summed E-state index contributed by atoms with van der Waals surface area (Å²) in [5, 5.41) is 0. The molecule has 4 aromatic carbocycles.